The average Bonchev–Trinajstić information content (AvgIpc) is 2.66. The molecule has 1 N–H and O–H groups in total. The van der Waals surface area contributed by atoms with Crippen LogP contribution in [-0.4, -0.2) is 25.6 Å². The zero-order chi connectivity index (χ0) is 19.3. The molecule has 1 aromatic heterocycles. The van der Waals surface area contributed by atoms with E-state index in [0.29, 0.717) is 11.1 Å². The molecular weight excluding hydrogens is 360 g/mol. The highest BCUT2D eigenvalue weighted by Gasteiger charge is 2.19. The molecular formula is C21H20N2O3S. The van der Waals surface area contributed by atoms with Gasteiger partial charge in [0.25, 0.3) is 5.91 Å². The number of sulfone groups is 1. The molecule has 1 atom stereocenters. The Labute approximate surface area is 159 Å². The Kier molecular flexibility index (Phi) is 5.66. The third-order valence-corrected chi connectivity index (χ3v) is 4.87. The van der Waals surface area contributed by atoms with Gasteiger partial charge in [0.15, 0.2) is 9.84 Å². The summed E-state index contributed by atoms with van der Waals surface area (Å²) in [6.45, 7) is 0. The molecule has 1 unspecified atom stereocenters. The fraction of sp³-hybridized carbons (Fsp3) is 0.143. The Bertz CT molecular complexity index is 980. The van der Waals surface area contributed by atoms with Gasteiger partial charge in [0.2, 0.25) is 0 Å². The highest BCUT2D eigenvalue weighted by Crippen LogP contribution is 2.21. The topological polar surface area (TPSA) is 76.1 Å². The zero-order valence-corrected chi connectivity index (χ0v) is 15.7. The van der Waals surface area contributed by atoms with E-state index < -0.39 is 15.9 Å². The van der Waals surface area contributed by atoms with Gasteiger partial charge in [-0.15, -0.1) is 0 Å². The minimum atomic E-state index is -3.17. The highest BCUT2D eigenvalue weighted by molar-refractivity contribution is 7.89. The van der Waals surface area contributed by atoms with E-state index in [1.165, 1.54) is 6.26 Å². The van der Waals surface area contributed by atoms with E-state index in [0.717, 1.165) is 11.3 Å². The second kappa shape index (κ2) is 8.14. The maximum atomic E-state index is 12.8. The van der Waals surface area contributed by atoms with Crippen LogP contribution >= 0.6 is 0 Å². The van der Waals surface area contributed by atoms with Gasteiger partial charge in [0.05, 0.1) is 17.5 Å². The van der Waals surface area contributed by atoms with Crippen LogP contribution in [0.25, 0.3) is 0 Å². The van der Waals surface area contributed by atoms with Crippen molar-refractivity contribution in [1.82, 2.24) is 10.3 Å². The van der Waals surface area contributed by atoms with Gasteiger partial charge < -0.3 is 5.32 Å². The number of benzene rings is 2. The fourth-order valence-electron chi connectivity index (χ4n) is 2.84. The van der Waals surface area contributed by atoms with Crippen LogP contribution in [0.15, 0.2) is 79.0 Å². The van der Waals surface area contributed by atoms with Crippen molar-refractivity contribution in [3.8, 4) is 0 Å². The number of hydrogen-bond acceptors (Lipinski definition) is 4. The van der Waals surface area contributed by atoms with Gasteiger partial charge in [-0.05, 0) is 35.4 Å². The van der Waals surface area contributed by atoms with E-state index in [2.05, 4.69) is 10.3 Å². The maximum absolute atomic E-state index is 12.8. The van der Waals surface area contributed by atoms with Crippen LogP contribution in [0.3, 0.4) is 0 Å². The van der Waals surface area contributed by atoms with Crippen LogP contribution in [-0.2, 0) is 15.6 Å². The number of nitrogens with one attached hydrogen (secondary N) is 1. The normalized spacial score (nSPS) is 12.3. The molecule has 0 aliphatic heterocycles. The summed E-state index contributed by atoms with van der Waals surface area (Å²) in [5.41, 5.74) is 2.63. The lowest BCUT2D eigenvalue weighted by molar-refractivity contribution is 0.0942. The number of carbonyl (C=O) groups excluding carboxylic acids is 1. The van der Waals surface area contributed by atoms with Crippen LogP contribution in [0.5, 0.6) is 0 Å². The van der Waals surface area contributed by atoms with Crippen molar-refractivity contribution in [3.63, 3.8) is 0 Å². The highest BCUT2D eigenvalue weighted by atomic mass is 32.2. The van der Waals surface area contributed by atoms with E-state index in [4.69, 9.17) is 0 Å². The third kappa shape index (κ3) is 5.24. The van der Waals surface area contributed by atoms with Crippen LogP contribution in [0.1, 0.15) is 33.2 Å². The fourth-order valence-corrected chi connectivity index (χ4v) is 3.62. The first-order valence-electron chi connectivity index (χ1n) is 8.46. The van der Waals surface area contributed by atoms with E-state index in [1.54, 1.807) is 30.5 Å². The summed E-state index contributed by atoms with van der Waals surface area (Å²) in [5, 5.41) is 3.01. The lowest BCUT2D eigenvalue weighted by Crippen LogP contribution is -2.30. The van der Waals surface area contributed by atoms with Gasteiger partial charge in [-0.25, -0.2) is 8.42 Å². The maximum Gasteiger partial charge on any atom is 0.252 e. The molecule has 0 saturated carbocycles. The number of carbonyl (C=O) groups is 1. The summed E-state index contributed by atoms with van der Waals surface area (Å²) in [5.74, 6) is -0.388. The molecule has 0 fully saturated rings. The first-order valence-corrected chi connectivity index (χ1v) is 10.5. The number of hydrogen-bond donors (Lipinski definition) is 1. The second-order valence-electron chi connectivity index (χ2n) is 6.34. The van der Waals surface area contributed by atoms with E-state index >= 15 is 0 Å². The second-order valence-corrected chi connectivity index (χ2v) is 8.48. The molecule has 6 heteroatoms. The first kappa shape index (κ1) is 18.8. The molecule has 3 rings (SSSR count). The van der Waals surface area contributed by atoms with E-state index in [9.17, 15) is 13.2 Å². The van der Waals surface area contributed by atoms with Crippen LogP contribution < -0.4 is 5.32 Å². The standard InChI is InChI=1S/C21H20N2O3S/c1-27(25,26)15-16-8-7-11-18(14-16)21(24)23-20(17-9-3-2-4-10-17)19-12-5-6-13-22-19/h2-14,20H,15H2,1H3,(H,23,24). The number of amides is 1. The Morgan fingerprint density at radius 1 is 1.00 bits per heavy atom. The summed E-state index contributed by atoms with van der Waals surface area (Å²) in [6, 6.07) is 21.4. The number of rotatable bonds is 6. The third-order valence-electron chi connectivity index (χ3n) is 4.01. The van der Waals surface area contributed by atoms with Gasteiger partial charge in [-0.1, -0.05) is 48.5 Å². The molecule has 0 bridgehead atoms. The number of aromatic nitrogens is 1. The molecule has 0 aliphatic carbocycles. The summed E-state index contributed by atoms with van der Waals surface area (Å²) in [7, 11) is -3.17. The molecule has 27 heavy (non-hydrogen) atoms. The van der Waals surface area contributed by atoms with Gasteiger partial charge in [0.1, 0.15) is 0 Å². The predicted octanol–water partition coefficient (Wildman–Crippen LogP) is 3.15. The van der Waals surface area contributed by atoms with Crippen molar-refractivity contribution >= 4 is 15.7 Å². The van der Waals surface area contributed by atoms with Crippen LogP contribution in [0, 0.1) is 0 Å². The molecule has 0 saturated heterocycles. The summed E-state index contributed by atoms with van der Waals surface area (Å²) in [6.07, 6.45) is 2.86. The Morgan fingerprint density at radius 3 is 2.41 bits per heavy atom. The lowest BCUT2D eigenvalue weighted by atomic mass is 10.0. The first-order chi connectivity index (χ1) is 12.9. The molecule has 138 valence electrons. The minimum absolute atomic E-state index is 0.101. The molecule has 0 spiro atoms. The SMILES string of the molecule is CS(=O)(=O)Cc1cccc(C(=O)NC(c2ccccc2)c2ccccn2)c1. The van der Waals surface area contributed by atoms with Crippen molar-refractivity contribution in [2.75, 3.05) is 6.26 Å². The smallest absolute Gasteiger partial charge is 0.252 e. The van der Waals surface area contributed by atoms with Crippen molar-refractivity contribution < 1.29 is 13.2 Å². The van der Waals surface area contributed by atoms with Gasteiger partial charge >= 0.3 is 0 Å². The van der Waals surface area contributed by atoms with Gasteiger partial charge in [-0.3, -0.25) is 9.78 Å². The average molecular weight is 380 g/mol. The number of pyridine rings is 1. The van der Waals surface area contributed by atoms with Crippen LogP contribution in [0.2, 0.25) is 0 Å². The molecule has 5 nitrogen and oxygen atoms in total. The summed E-state index contributed by atoms with van der Waals surface area (Å²) >= 11 is 0. The summed E-state index contributed by atoms with van der Waals surface area (Å²) in [4.78, 5) is 17.2. The molecule has 1 amide bonds. The molecule has 1 heterocycles. The predicted molar refractivity (Wildman–Crippen MR) is 105 cm³/mol. The van der Waals surface area contributed by atoms with E-state index in [1.807, 2.05) is 48.5 Å². The summed E-state index contributed by atoms with van der Waals surface area (Å²) < 4.78 is 23.0. The van der Waals surface area contributed by atoms with Crippen molar-refractivity contribution in [2.24, 2.45) is 0 Å². The van der Waals surface area contributed by atoms with Crippen molar-refractivity contribution in [3.05, 3.63) is 101 Å². The quantitative estimate of drug-likeness (QED) is 0.713. The lowest BCUT2D eigenvalue weighted by Gasteiger charge is -2.19. The Hall–Kier alpha value is -2.99. The molecule has 2 aromatic carbocycles. The molecule has 0 radical (unpaired) electrons. The monoisotopic (exact) mass is 380 g/mol. The minimum Gasteiger partial charge on any atom is -0.340 e. The van der Waals surface area contributed by atoms with Gasteiger partial charge in [-0.2, -0.15) is 0 Å². The Morgan fingerprint density at radius 2 is 1.74 bits per heavy atom. The van der Waals surface area contributed by atoms with E-state index in [-0.39, 0.29) is 11.7 Å². The largest absolute Gasteiger partial charge is 0.340 e. The van der Waals surface area contributed by atoms with Crippen LogP contribution in [0.4, 0.5) is 0 Å². The molecule has 0 aliphatic rings. The van der Waals surface area contributed by atoms with Crippen molar-refractivity contribution in [2.45, 2.75) is 11.8 Å². The Balaban J connectivity index is 1.88. The molecule has 3 aromatic rings. The van der Waals surface area contributed by atoms with Crippen molar-refractivity contribution in [1.29, 1.82) is 0 Å². The zero-order valence-electron chi connectivity index (χ0n) is 14.9. The van der Waals surface area contributed by atoms with Gasteiger partial charge in [0, 0.05) is 18.0 Å². The number of nitrogens with zero attached hydrogens (tertiary/aromatic N) is 1.